The number of alkyl halides is 2. The molecule has 0 aliphatic heterocycles. The molecule has 1 saturated carbocycles. The van der Waals surface area contributed by atoms with Gasteiger partial charge in [-0.25, -0.2) is 0 Å². The molecule has 0 heterocycles. The molecule has 0 bridgehead atoms. The summed E-state index contributed by atoms with van der Waals surface area (Å²) >= 11 is 0. The Labute approximate surface area is 117 Å². The topological polar surface area (TPSA) is 49.3 Å². The second kappa shape index (κ2) is 6.31. The molecule has 0 aromatic heterocycles. The summed E-state index contributed by atoms with van der Waals surface area (Å²) in [6, 6.07) is 7.67. The Balaban J connectivity index is 1.85. The lowest BCUT2D eigenvalue weighted by atomic mass is 9.96. The molecule has 20 heavy (non-hydrogen) atoms. The number of carboxylic acids is 1. The number of carbonyl (C=O) groups is 1. The van der Waals surface area contributed by atoms with Crippen molar-refractivity contribution in [2.45, 2.75) is 25.2 Å². The fourth-order valence-corrected chi connectivity index (χ4v) is 2.80. The molecule has 1 aliphatic carbocycles. The molecule has 2 atom stereocenters. The summed E-state index contributed by atoms with van der Waals surface area (Å²) in [5, 5.41) is 11.8. The van der Waals surface area contributed by atoms with Gasteiger partial charge in [0.25, 0.3) is 5.92 Å². The zero-order chi connectivity index (χ0) is 14.6. The molecular formula is C15H19F2NO2. The van der Waals surface area contributed by atoms with Crippen molar-refractivity contribution in [1.29, 1.82) is 0 Å². The highest BCUT2D eigenvalue weighted by Crippen LogP contribution is 2.32. The van der Waals surface area contributed by atoms with E-state index in [1.807, 2.05) is 0 Å². The Hall–Kier alpha value is -1.49. The maximum absolute atomic E-state index is 13.9. The summed E-state index contributed by atoms with van der Waals surface area (Å²) in [5.41, 5.74) is -0.0197. The van der Waals surface area contributed by atoms with Crippen LogP contribution in [0.3, 0.4) is 0 Å². The number of hydrogen-bond acceptors (Lipinski definition) is 2. The van der Waals surface area contributed by atoms with Gasteiger partial charge in [0.1, 0.15) is 0 Å². The standard InChI is InChI=1S/C15H19F2NO2/c16-15(17,12-6-2-1-3-7-12)10-18-9-11-5-4-8-13(11)14(19)20/h1-3,6-7,11,13,18H,4-5,8-10H2,(H,19,20). The molecule has 5 heteroatoms. The van der Waals surface area contributed by atoms with Crippen molar-refractivity contribution in [2.75, 3.05) is 13.1 Å². The fourth-order valence-electron chi connectivity index (χ4n) is 2.80. The highest BCUT2D eigenvalue weighted by atomic mass is 19.3. The molecule has 1 fully saturated rings. The molecule has 1 aliphatic rings. The first-order chi connectivity index (χ1) is 9.50. The van der Waals surface area contributed by atoms with E-state index in [0.717, 1.165) is 12.8 Å². The molecule has 3 nitrogen and oxygen atoms in total. The van der Waals surface area contributed by atoms with Crippen LogP contribution in [0.2, 0.25) is 0 Å². The minimum absolute atomic E-state index is 0.0197. The first kappa shape index (κ1) is 14.9. The summed E-state index contributed by atoms with van der Waals surface area (Å²) in [7, 11) is 0. The maximum atomic E-state index is 13.9. The van der Waals surface area contributed by atoms with Crippen molar-refractivity contribution in [1.82, 2.24) is 5.32 Å². The Kier molecular flexibility index (Phi) is 4.70. The van der Waals surface area contributed by atoms with Gasteiger partial charge in [-0.15, -0.1) is 0 Å². The van der Waals surface area contributed by atoms with E-state index in [9.17, 15) is 13.6 Å². The normalized spacial score (nSPS) is 22.9. The van der Waals surface area contributed by atoms with Crippen LogP contribution >= 0.6 is 0 Å². The van der Waals surface area contributed by atoms with Crippen molar-refractivity contribution in [3.8, 4) is 0 Å². The number of hydrogen-bond donors (Lipinski definition) is 2. The molecule has 2 N–H and O–H groups in total. The first-order valence-electron chi connectivity index (χ1n) is 6.87. The Morgan fingerprint density at radius 3 is 2.65 bits per heavy atom. The van der Waals surface area contributed by atoms with E-state index in [1.165, 1.54) is 12.1 Å². The lowest BCUT2D eigenvalue weighted by Crippen LogP contribution is -2.36. The lowest BCUT2D eigenvalue weighted by Gasteiger charge is -2.20. The van der Waals surface area contributed by atoms with Crippen LogP contribution in [0.5, 0.6) is 0 Å². The summed E-state index contributed by atoms with van der Waals surface area (Å²) in [4.78, 5) is 11.0. The largest absolute Gasteiger partial charge is 0.481 e. The fraction of sp³-hybridized carbons (Fsp3) is 0.533. The lowest BCUT2D eigenvalue weighted by molar-refractivity contribution is -0.142. The van der Waals surface area contributed by atoms with Gasteiger partial charge in [-0.1, -0.05) is 36.8 Å². The van der Waals surface area contributed by atoms with Gasteiger partial charge in [0.05, 0.1) is 12.5 Å². The smallest absolute Gasteiger partial charge is 0.306 e. The minimum atomic E-state index is -2.93. The van der Waals surface area contributed by atoms with Gasteiger partial charge in [-0.05, 0) is 25.3 Å². The van der Waals surface area contributed by atoms with Crippen molar-refractivity contribution in [3.05, 3.63) is 35.9 Å². The van der Waals surface area contributed by atoms with Gasteiger partial charge in [0.2, 0.25) is 0 Å². The van der Waals surface area contributed by atoms with Gasteiger partial charge in [-0.3, -0.25) is 4.79 Å². The monoisotopic (exact) mass is 283 g/mol. The zero-order valence-corrected chi connectivity index (χ0v) is 11.2. The molecule has 0 saturated heterocycles. The highest BCUT2D eigenvalue weighted by molar-refractivity contribution is 5.70. The van der Waals surface area contributed by atoms with Crippen LogP contribution in [-0.4, -0.2) is 24.2 Å². The van der Waals surface area contributed by atoms with Crippen molar-refractivity contribution < 1.29 is 18.7 Å². The van der Waals surface area contributed by atoms with E-state index in [-0.39, 0.29) is 11.5 Å². The number of rotatable bonds is 6. The van der Waals surface area contributed by atoms with Crippen LogP contribution < -0.4 is 5.32 Å². The van der Waals surface area contributed by atoms with Crippen molar-refractivity contribution >= 4 is 5.97 Å². The van der Waals surface area contributed by atoms with Crippen LogP contribution in [-0.2, 0) is 10.7 Å². The number of carboxylic acid groups (broad SMARTS) is 1. The predicted octanol–water partition coefficient (Wildman–Crippen LogP) is 2.87. The van der Waals surface area contributed by atoms with Crippen molar-refractivity contribution in [2.24, 2.45) is 11.8 Å². The molecule has 0 amide bonds. The van der Waals surface area contributed by atoms with Crippen LogP contribution in [0.15, 0.2) is 30.3 Å². The quantitative estimate of drug-likeness (QED) is 0.844. The van der Waals surface area contributed by atoms with E-state index in [1.54, 1.807) is 18.2 Å². The van der Waals surface area contributed by atoms with E-state index >= 15 is 0 Å². The number of aliphatic carboxylic acids is 1. The van der Waals surface area contributed by atoms with E-state index < -0.39 is 24.4 Å². The molecule has 2 rings (SSSR count). The highest BCUT2D eigenvalue weighted by Gasteiger charge is 2.34. The molecule has 1 aromatic rings. The number of benzene rings is 1. The van der Waals surface area contributed by atoms with E-state index in [2.05, 4.69) is 5.32 Å². The third-order valence-electron chi connectivity index (χ3n) is 3.93. The molecule has 1 aromatic carbocycles. The Morgan fingerprint density at radius 1 is 1.30 bits per heavy atom. The molecule has 0 spiro atoms. The predicted molar refractivity (Wildman–Crippen MR) is 71.7 cm³/mol. The van der Waals surface area contributed by atoms with Crippen LogP contribution in [0, 0.1) is 11.8 Å². The van der Waals surface area contributed by atoms with Gasteiger partial charge in [0.15, 0.2) is 0 Å². The third kappa shape index (κ3) is 3.54. The molecule has 110 valence electrons. The van der Waals surface area contributed by atoms with Crippen molar-refractivity contribution in [3.63, 3.8) is 0 Å². The number of halogens is 2. The van der Waals surface area contributed by atoms with E-state index in [4.69, 9.17) is 5.11 Å². The second-order valence-corrected chi connectivity index (χ2v) is 5.34. The van der Waals surface area contributed by atoms with Crippen LogP contribution in [0.4, 0.5) is 8.78 Å². The van der Waals surface area contributed by atoms with Crippen LogP contribution in [0.25, 0.3) is 0 Å². The molecular weight excluding hydrogens is 264 g/mol. The SMILES string of the molecule is O=C(O)C1CCCC1CNCC(F)(F)c1ccccc1. The second-order valence-electron chi connectivity index (χ2n) is 5.34. The van der Waals surface area contributed by atoms with Gasteiger partial charge < -0.3 is 10.4 Å². The molecule has 0 radical (unpaired) electrons. The molecule has 2 unspecified atom stereocenters. The zero-order valence-electron chi connectivity index (χ0n) is 11.2. The van der Waals surface area contributed by atoms with Crippen LogP contribution in [0.1, 0.15) is 24.8 Å². The Bertz CT molecular complexity index is 450. The average Bonchev–Trinajstić information content (AvgIpc) is 2.88. The third-order valence-corrected chi connectivity index (χ3v) is 3.93. The first-order valence-corrected chi connectivity index (χ1v) is 6.87. The average molecular weight is 283 g/mol. The minimum Gasteiger partial charge on any atom is -0.481 e. The summed E-state index contributed by atoms with van der Waals surface area (Å²) < 4.78 is 27.8. The maximum Gasteiger partial charge on any atom is 0.306 e. The van der Waals surface area contributed by atoms with Gasteiger partial charge in [0, 0.05) is 5.56 Å². The number of nitrogens with one attached hydrogen (secondary N) is 1. The van der Waals surface area contributed by atoms with Gasteiger partial charge in [-0.2, -0.15) is 8.78 Å². The summed E-state index contributed by atoms with van der Waals surface area (Å²) in [6.07, 6.45) is 2.30. The van der Waals surface area contributed by atoms with E-state index in [0.29, 0.717) is 13.0 Å². The summed E-state index contributed by atoms with van der Waals surface area (Å²) in [5.74, 6) is -4.19. The summed E-state index contributed by atoms with van der Waals surface area (Å²) in [6.45, 7) is -0.126. The Morgan fingerprint density at radius 2 is 2.00 bits per heavy atom. The van der Waals surface area contributed by atoms with Gasteiger partial charge >= 0.3 is 5.97 Å².